The predicted molar refractivity (Wildman–Crippen MR) is 71.5 cm³/mol. The molecule has 0 saturated carbocycles. The van der Waals surface area contributed by atoms with Gasteiger partial charge in [0.15, 0.2) is 0 Å². The molecule has 0 aliphatic heterocycles. The molecule has 0 bridgehead atoms. The molecule has 5 nitrogen and oxygen atoms in total. The topological polar surface area (TPSA) is 77.2 Å². The molecule has 18 heavy (non-hydrogen) atoms. The fourth-order valence-electron chi connectivity index (χ4n) is 1.86. The molecule has 0 fully saturated rings. The van der Waals surface area contributed by atoms with E-state index >= 15 is 0 Å². The Morgan fingerprint density at radius 3 is 2.67 bits per heavy atom. The van der Waals surface area contributed by atoms with E-state index in [4.69, 9.17) is 10.5 Å². The molecule has 1 rings (SSSR count). The van der Waals surface area contributed by atoms with Crippen LogP contribution in [0.1, 0.15) is 26.7 Å². The van der Waals surface area contributed by atoms with Crippen molar-refractivity contribution in [3.63, 3.8) is 0 Å². The molecule has 0 aromatic carbocycles. The van der Waals surface area contributed by atoms with Gasteiger partial charge in [0.1, 0.15) is 5.69 Å². The predicted octanol–water partition coefficient (Wildman–Crippen LogP) is 1.79. The van der Waals surface area contributed by atoms with Crippen molar-refractivity contribution in [2.45, 2.75) is 26.7 Å². The lowest BCUT2D eigenvalue weighted by atomic mass is 9.81. The summed E-state index contributed by atoms with van der Waals surface area (Å²) >= 11 is 0. The van der Waals surface area contributed by atoms with Gasteiger partial charge < -0.3 is 15.8 Å². The van der Waals surface area contributed by atoms with Crippen LogP contribution < -0.4 is 15.8 Å². The van der Waals surface area contributed by atoms with Gasteiger partial charge in [-0.1, -0.05) is 13.8 Å². The van der Waals surface area contributed by atoms with Crippen LogP contribution in [0.5, 0.6) is 5.88 Å². The first-order chi connectivity index (χ1) is 8.63. The van der Waals surface area contributed by atoms with Crippen LogP contribution in [0.4, 0.5) is 5.69 Å². The zero-order valence-corrected chi connectivity index (χ0v) is 11.2. The smallest absolute Gasteiger partial charge is 0.237 e. The van der Waals surface area contributed by atoms with Crippen LogP contribution in [-0.2, 0) is 4.79 Å². The number of rotatable bonds is 6. The minimum absolute atomic E-state index is 0.0821. The number of pyridine rings is 1. The van der Waals surface area contributed by atoms with Crippen LogP contribution in [-0.4, -0.2) is 24.5 Å². The van der Waals surface area contributed by atoms with E-state index in [0.717, 1.165) is 0 Å². The number of aromatic nitrogens is 1. The summed E-state index contributed by atoms with van der Waals surface area (Å²) in [7, 11) is 1.52. The third-order valence-electron chi connectivity index (χ3n) is 3.44. The highest BCUT2D eigenvalue weighted by molar-refractivity contribution is 5.96. The Balaban J connectivity index is 2.93. The average molecular weight is 251 g/mol. The van der Waals surface area contributed by atoms with Gasteiger partial charge >= 0.3 is 0 Å². The van der Waals surface area contributed by atoms with Gasteiger partial charge in [0.25, 0.3) is 0 Å². The standard InChI is InChI=1S/C13H21N3O2/c1-4-13(5-2,9-14)12(17)16-10-7-6-8-15-11(10)18-3/h6-8H,4-5,9,14H2,1-3H3,(H,16,17). The third-order valence-corrected chi connectivity index (χ3v) is 3.44. The molecule has 1 amide bonds. The highest BCUT2D eigenvalue weighted by Crippen LogP contribution is 2.29. The van der Waals surface area contributed by atoms with E-state index < -0.39 is 5.41 Å². The number of nitrogens with two attached hydrogens (primary N) is 1. The van der Waals surface area contributed by atoms with Gasteiger partial charge in [0.2, 0.25) is 11.8 Å². The molecule has 100 valence electrons. The van der Waals surface area contributed by atoms with E-state index in [0.29, 0.717) is 31.0 Å². The van der Waals surface area contributed by atoms with Crippen molar-refractivity contribution in [1.29, 1.82) is 0 Å². The lowest BCUT2D eigenvalue weighted by molar-refractivity contribution is -0.125. The highest BCUT2D eigenvalue weighted by Gasteiger charge is 2.33. The van der Waals surface area contributed by atoms with E-state index in [2.05, 4.69) is 10.3 Å². The zero-order chi connectivity index (χ0) is 13.6. The Labute approximate surface area is 108 Å². The molecular formula is C13H21N3O2. The molecule has 0 radical (unpaired) electrons. The number of hydrogen-bond acceptors (Lipinski definition) is 4. The van der Waals surface area contributed by atoms with Crippen LogP contribution in [0, 0.1) is 5.41 Å². The maximum atomic E-state index is 12.3. The number of methoxy groups -OCH3 is 1. The van der Waals surface area contributed by atoms with E-state index in [-0.39, 0.29) is 5.91 Å². The molecule has 0 atom stereocenters. The van der Waals surface area contributed by atoms with Gasteiger partial charge in [-0.25, -0.2) is 4.98 Å². The van der Waals surface area contributed by atoms with Crippen molar-refractivity contribution in [3.05, 3.63) is 18.3 Å². The molecule has 1 aromatic heterocycles. The number of carbonyl (C=O) groups excluding carboxylic acids is 1. The maximum Gasteiger partial charge on any atom is 0.237 e. The van der Waals surface area contributed by atoms with Crippen LogP contribution in [0.3, 0.4) is 0 Å². The number of hydrogen-bond donors (Lipinski definition) is 2. The lowest BCUT2D eigenvalue weighted by Crippen LogP contribution is -2.41. The van der Waals surface area contributed by atoms with Crippen LogP contribution in [0.25, 0.3) is 0 Å². The van der Waals surface area contributed by atoms with E-state index in [1.807, 2.05) is 13.8 Å². The molecule has 0 aliphatic carbocycles. The van der Waals surface area contributed by atoms with Gasteiger partial charge in [-0.05, 0) is 25.0 Å². The quantitative estimate of drug-likeness (QED) is 0.808. The summed E-state index contributed by atoms with van der Waals surface area (Å²) < 4.78 is 5.10. The van der Waals surface area contributed by atoms with E-state index in [9.17, 15) is 4.79 Å². The summed E-state index contributed by atoms with van der Waals surface area (Å²) in [6, 6.07) is 3.51. The Morgan fingerprint density at radius 2 is 2.17 bits per heavy atom. The van der Waals surface area contributed by atoms with Gasteiger partial charge in [-0.2, -0.15) is 0 Å². The van der Waals surface area contributed by atoms with E-state index in [1.165, 1.54) is 7.11 Å². The SMILES string of the molecule is CCC(CC)(CN)C(=O)Nc1cccnc1OC. The van der Waals surface area contributed by atoms with Crippen LogP contribution >= 0.6 is 0 Å². The van der Waals surface area contributed by atoms with Crippen LogP contribution in [0.2, 0.25) is 0 Å². The fraction of sp³-hybridized carbons (Fsp3) is 0.538. The number of nitrogens with one attached hydrogen (secondary N) is 1. The maximum absolute atomic E-state index is 12.3. The summed E-state index contributed by atoms with van der Waals surface area (Å²) in [6.45, 7) is 4.27. The first kappa shape index (κ1) is 14.4. The highest BCUT2D eigenvalue weighted by atomic mass is 16.5. The van der Waals surface area contributed by atoms with Gasteiger partial charge in [0, 0.05) is 12.7 Å². The lowest BCUT2D eigenvalue weighted by Gasteiger charge is -2.28. The Hall–Kier alpha value is -1.62. The van der Waals surface area contributed by atoms with Crippen LogP contribution in [0.15, 0.2) is 18.3 Å². The van der Waals surface area contributed by atoms with Crippen molar-refractivity contribution >= 4 is 11.6 Å². The summed E-state index contributed by atoms with van der Waals surface area (Å²) in [5, 5.41) is 2.85. The zero-order valence-electron chi connectivity index (χ0n) is 11.2. The van der Waals surface area contributed by atoms with Crippen molar-refractivity contribution in [2.75, 3.05) is 19.0 Å². The van der Waals surface area contributed by atoms with Crippen molar-refractivity contribution in [1.82, 2.24) is 4.98 Å². The molecule has 0 unspecified atom stereocenters. The molecule has 5 heteroatoms. The summed E-state index contributed by atoms with van der Waals surface area (Å²) in [4.78, 5) is 16.4. The Kier molecular flexibility index (Phi) is 5.09. The molecular weight excluding hydrogens is 230 g/mol. The number of ether oxygens (including phenoxy) is 1. The third kappa shape index (κ3) is 2.79. The van der Waals surface area contributed by atoms with Crippen molar-refractivity contribution in [2.24, 2.45) is 11.1 Å². The first-order valence-corrected chi connectivity index (χ1v) is 6.14. The molecule has 0 saturated heterocycles. The summed E-state index contributed by atoms with van der Waals surface area (Å²) in [5.41, 5.74) is 5.79. The normalized spacial score (nSPS) is 11.1. The van der Waals surface area contributed by atoms with Crippen molar-refractivity contribution in [3.8, 4) is 5.88 Å². The van der Waals surface area contributed by atoms with Gasteiger partial charge in [0.05, 0.1) is 12.5 Å². The first-order valence-electron chi connectivity index (χ1n) is 6.14. The molecule has 0 aliphatic rings. The molecule has 1 heterocycles. The molecule has 0 spiro atoms. The monoisotopic (exact) mass is 251 g/mol. The second-order valence-electron chi connectivity index (χ2n) is 4.21. The minimum Gasteiger partial charge on any atom is -0.480 e. The Bertz CT molecular complexity index is 395. The van der Waals surface area contributed by atoms with Crippen molar-refractivity contribution < 1.29 is 9.53 Å². The Morgan fingerprint density at radius 1 is 1.50 bits per heavy atom. The number of nitrogens with zero attached hydrogens (tertiary/aromatic N) is 1. The minimum atomic E-state index is -0.527. The summed E-state index contributed by atoms with van der Waals surface area (Å²) in [5.74, 6) is 0.324. The van der Waals surface area contributed by atoms with Gasteiger partial charge in [-0.3, -0.25) is 4.79 Å². The second-order valence-corrected chi connectivity index (χ2v) is 4.21. The average Bonchev–Trinajstić information content (AvgIpc) is 2.42. The second kappa shape index (κ2) is 6.35. The largest absolute Gasteiger partial charge is 0.480 e. The van der Waals surface area contributed by atoms with Gasteiger partial charge in [-0.15, -0.1) is 0 Å². The summed E-state index contributed by atoms with van der Waals surface area (Å²) in [6.07, 6.45) is 3.02. The number of amides is 1. The molecule has 1 aromatic rings. The number of carbonyl (C=O) groups is 1. The number of anilines is 1. The van der Waals surface area contributed by atoms with E-state index in [1.54, 1.807) is 18.3 Å². The fourth-order valence-corrected chi connectivity index (χ4v) is 1.86. The molecule has 3 N–H and O–H groups in total.